The average molecular weight is 275 g/mol. The Kier molecular flexibility index (Phi) is 7.06. The third kappa shape index (κ3) is 5.94. The van der Waals surface area contributed by atoms with Crippen LogP contribution >= 0.6 is 23.2 Å². The van der Waals surface area contributed by atoms with Gasteiger partial charge in [0.2, 0.25) is 0 Å². The van der Waals surface area contributed by atoms with Crippen molar-refractivity contribution in [3.63, 3.8) is 0 Å². The van der Waals surface area contributed by atoms with Gasteiger partial charge in [0, 0.05) is 12.3 Å². The van der Waals surface area contributed by atoms with Gasteiger partial charge in [-0.3, -0.25) is 4.79 Å². The highest BCUT2D eigenvalue weighted by Crippen LogP contribution is 2.09. The highest BCUT2D eigenvalue weighted by atomic mass is 35.5. The average Bonchev–Trinajstić information content (AvgIpc) is 2.37. The molecule has 1 unspecified atom stereocenters. The molecule has 0 spiro atoms. The van der Waals surface area contributed by atoms with Gasteiger partial charge in [0.25, 0.3) is 0 Å². The maximum atomic E-state index is 11.4. The van der Waals surface area contributed by atoms with Crippen LogP contribution in [0.2, 0.25) is 0 Å². The summed E-state index contributed by atoms with van der Waals surface area (Å²) in [5.74, 6) is 0.160. The van der Waals surface area contributed by atoms with Crippen LogP contribution in [0.3, 0.4) is 0 Å². The summed E-state index contributed by atoms with van der Waals surface area (Å²) in [6, 6.07) is 9.87. The van der Waals surface area contributed by atoms with Gasteiger partial charge < -0.3 is 4.74 Å². The summed E-state index contributed by atoms with van der Waals surface area (Å²) >= 11 is 11.4. The SMILES string of the molecule is O=C(OCCc1ccccc1)C(Cl)CCCCl. The van der Waals surface area contributed by atoms with E-state index in [1.807, 2.05) is 30.3 Å². The molecule has 94 valence electrons. The summed E-state index contributed by atoms with van der Waals surface area (Å²) in [6.07, 6.45) is 2.00. The molecule has 0 fully saturated rings. The molecule has 0 bridgehead atoms. The first kappa shape index (κ1) is 14.3. The van der Waals surface area contributed by atoms with Crippen LogP contribution in [0.5, 0.6) is 0 Å². The second kappa shape index (κ2) is 8.37. The molecule has 1 aromatic rings. The summed E-state index contributed by atoms with van der Waals surface area (Å²) in [7, 11) is 0. The lowest BCUT2D eigenvalue weighted by Gasteiger charge is -2.09. The number of carbonyl (C=O) groups is 1. The number of rotatable bonds is 7. The molecule has 1 atom stereocenters. The van der Waals surface area contributed by atoms with Gasteiger partial charge >= 0.3 is 5.97 Å². The maximum absolute atomic E-state index is 11.4. The van der Waals surface area contributed by atoms with Gasteiger partial charge in [0.15, 0.2) is 0 Å². The zero-order valence-corrected chi connectivity index (χ0v) is 11.1. The lowest BCUT2D eigenvalue weighted by molar-refractivity contribution is -0.143. The Labute approximate surface area is 112 Å². The van der Waals surface area contributed by atoms with Crippen molar-refractivity contribution in [3.05, 3.63) is 35.9 Å². The molecule has 0 aliphatic rings. The minimum Gasteiger partial charge on any atom is -0.464 e. The van der Waals surface area contributed by atoms with Crippen molar-refractivity contribution >= 4 is 29.2 Å². The van der Waals surface area contributed by atoms with Gasteiger partial charge in [0.05, 0.1) is 6.61 Å². The molecule has 0 aliphatic heterocycles. The van der Waals surface area contributed by atoms with Crippen molar-refractivity contribution in [3.8, 4) is 0 Å². The van der Waals surface area contributed by atoms with E-state index in [1.165, 1.54) is 0 Å². The van der Waals surface area contributed by atoms with Gasteiger partial charge in [-0.15, -0.1) is 23.2 Å². The van der Waals surface area contributed by atoms with E-state index in [4.69, 9.17) is 27.9 Å². The number of benzene rings is 1. The van der Waals surface area contributed by atoms with Crippen molar-refractivity contribution in [1.82, 2.24) is 0 Å². The minimum absolute atomic E-state index is 0.354. The summed E-state index contributed by atoms with van der Waals surface area (Å²) in [5.41, 5.74) is 1.15. The van der Waals surface area contributed by atoms with Crippen molar-refractivity contribution < 1.29 is 9.53 Å². The van der Waals surface area contributed by atoms with Crippen LogP contribution in [-0.4, -0.2) is 23.8 Å². The monoisotopic (exact) mass is 274 g/mol. The number of hydrogen-bond acceptors (Lipinski definition) is 2. The molecule has 1 rings (SSSR count). The quantitative estimate of drug-likeness (QED) is 0.563. The molecule has 1 aromatic carbocycles. The normalized spacial score (nSPS) is 12.1. The fraction of sp³-hybridized carbons (Fsp3) is 0.462. The lowest BCUT2D eigenvalue weighted by atomic mass is 10.2. The van der Waals surface area contributed by atoms with Gasteiger partial charge in [-0.1, -0.05) is 30.3 Å². The van der Waals surface area contributed by atoms with Gasteiger partial charge in [-0.25, -0.2) is 0 Å². The van der Waals surface area contributed by atoms with Crippen LogP contribution in [0, 0.1) is 0 Å². The number of carbonyl (C=O) groups excluding carboxylic acids is 1. The first-order valence-corrected chi connectivity index (χ1v) is 6.61. The zero-order chi connectivity index (χ0) is 12.5. The third-order valence-corrected chi connectivity index (χ3v) is 2.99. The molecule has 0 heterocycles. The molecule has 0 amide bonds. The minimum atomic E-state index is -0.579. The Bertz CT molecular complexity index is 327. The smallest absolute Gasteiger partial charge is 0.324 e. The molecule has 2 nitrogen and oxygen atoms in total. The Morgan fingerprint density at radius 2 is 2.00 bits per heavy atom. The fourth-order valence-electron chi connectivity index (χ4n) is 1.38. The van der Waals surface area contributed by atoms with E-state index in [0.29, 0.717) is 25.3 Å². The highest BCUT2D eigenvalue weighted by molar-refractivity contribution is 6.29. The molecular formula is C13H16Cl2O2. The van der Waals surface area contributed by atoms with E-state index in [1.54, 1.807) is 0 Å². The zero-order valence-electron chi connectivity index (χ0n) is 9.57. The van der Waals surface area contributed by atoms with Crippen LogP contribution < -0.4 is 0 Å². The van der Waals surface area contributed by atoms with Crippen LogP contribution in [0.15, 0.2) is 30.3 Å². The first-order chi connectivity index (χ1) is 8.24. The summed E-state index contributed by atoms with van der Waals surface area (Å²) in [4.78, 5) is 11.4. The largest absolute Gasteiger partial charge is 0.464 e. The summed E-state index contributed by atoms with van der Waals surface area (Å²) < 4.78 is 5.09. The van der Waals surface area contributed by atoms with Crippen LogP contribution in [0.4, 0.5) is 0 Å². The van der Waals surface area contributed by atoms with Crippen LogP contribution in [-0.2, 0) is 16.0 Å². The molecule has 0 radical (unpaired) electrons. The van der Waals surface area contributed by atoms with E-state index >= 15 is 0 Å². The van der Waals surface area contributed by atoms with Gasteiger partial charge in [-0.2, -0.15) is 0 Å². The standard InChI is InChI=1S/C13H16Cl2O2/c14-9-4-7-12(15)13(16)17-10-8-11-5-2-1-3-6-11/h1-3,5-6,12H,4,7-10H2. The first-order valence-electron chi connectivity index (χ1n) is 5.64. The Morgan fingerprint density at radius 1 is 1.29 bits per heavy atom. The molecule has 0 saturated heterocycles. The Hall–Kier alpha value is -0.730. The second-order valence-electron chi connectivity index (χ2n) is 3.70. The third-order valence-electron chi connectivity index (χ3n) is 2.32. The predicted octanol–water partition coefficient (Wildman–Crippen LogP) is 3.40. The van der Waals surface area contributed by atoms with Crippen LogP contribution in [0.1, 0.15) is 18.4 Å². The predicted molar refractivity (Wildman–Crippen MR) is 70.7 cm³/mol. The fourth-order valence-corrected chi connectivity index (χ4v) is 1.75. The van der Waals surface area contributed by atoms with Gasteiger partial charge in [-0.05, 0) is 18.4 Å². The molecule has 0 saturated carbocycles. The van der Waals surface area contributed by atoms with Crippen molar-refractivity contribution in [2.45, 2.75) is 24.6 Å². The highest BCUT2D eigenvalue weighted by Gasteiger charge is 2.15. The molecule has 0 aromatic heterocycles. The topological polar surface area (TPSA) is 26.3 Å². The van der Waals surface area contributed by atoms with Crippen molar-refractivity contribution in [1.29, 1.82) is 0 Å². The molecular weight excluding hydrogens is 259 g/mol. The second-order valence-corrected chi connectivity index (χ2v) is 4.61. The molecule has 0 aliphatic carbocycles. The van der Waals surface area contributed by atoms with E-state index in [0.717, 1.165) is 12.0 Å². The number of esters is 1. The van der Waals surface area contributed by atoms with E-state index < -0.39 is 5.38 Å². The van der Waals surface area contributed by atoms with E-state index in [-0.39, 0.29) is 5.97 Å². The van der Waals surface area contributed by atoms with E-state index in [2.05, 4.69) is 0 Å². The number of alkyl halides is 2. The number of hydrogen-bond donors (Lipinski definition) is 0. The summed E-state index contributed by atoms with van der Waals surface area (Å²) in [6.45, 7) is 0.368. The van der Waals surface area contributed by atoms with Crippen molar-refractivity contribution in [2.24, 2.45) is 0 Å². The van der Waals surface area contributed by atoms with Gasteiger partial charge in [0.1, 0.15) is 5.38 Å². The molecule has 0 N–H and O–H groups in total. The Balaban J connectivity index is 2.20. The maximum Gasteiger partial charge on any atom is 0.324 e. The van der Waals surface area contributed by atoms with Crippen molar-refractivity contribution in [2.75, 3.05) is 12.5 Å². The van der Waals surface area contributed by atoms with E-state index in [9.17, 15) is 4.79 Å². The number of ether oxygens (including phenoxy) is 1. The lowest BCUT2D eigenvalue weighted by Crippen LogP contribution is -2.19. The Morgan fingerprint density at radius 3 is 2.65 bits per heavy atom. The molecule has 17 heavy (non-hydrogen) atoms. The molecule has 4 heteroatoms. The number of halogens is 2. The van der Waals surface area contributed by atoms with Crippen LogP contribution in [0.25, 0.3) is 0 Å². The summed E-state index contributed by atoms with van der Waals surface area (Å²) in [5, 5.41) is -0.579.